The molecule has 2 heterocycles. The Morgan fingerprint density at radius 2 is 1.86 bits per heavy atom. The standard InChI is InChI=1S/C25H28N4O5S2/c1-15-14-29(24(31)34-15)19-9-6-17(7-10-19)23-26-13-21(35-23)20-11-8-18(27-16(2)30)12-22(20)36(32,33)28-25(3,4)5/h6-13,15,28H,14H2,1-5H3,(H,27,30). The van der Waals surface area contributed by atoms with Crippen molar-refractivity contribution in [3.63, 3.8) is 0 Å². The van der Waals surface area contributed by atoms with Crippen LogP contribution >= 0.6 is 11.3 Å². The van der Waals surface area contributed by atoms with E-state index >= 15 is 0 Å². The summed E-state index contributed by atoms with van der Waals surface area (Å²) in [5.74, 6) is -0.296. The van der Waals surface area contributed by atoms with Crippen LogP contribution in [0.4, 0.5) is 16.2 Å². The SMILES string of the molecule is CC(=O)Nc1ccc(-c2cnc(-c3ccc(N4CC(C)OC4=O)cc3)s2)c(S(=O)(=O)NC(C)(C)C)c1. The van der Waals surface area contributed by atoms with Gasteiger partial charge in [-0.15, -0.1) is 11.3 Å². The van der Waals surface area contributed by atoms with Crippen molar-refractivity contribution in [2.45, 2.75) is 51.2 Å². The van der Waals surface area contributed by atoms with E-state index in [1.807, 2.05) is 31.2 Å². The van der Waals surface area contributed by atoms with Gasteiger partial charge >= 0.3 is 6.09 Å². The van der Waals surface area contributed by atoms with Gasteiger partial charge in [0.05, 0.1) is 16.3 Å². The number of cyclic esters (lactones) is 1. The summed E-state index contributed by atoms with van der Waals surface area (Å²) >= 11 is 1.35. The zero-order valence-electron chi connectivity index (χ0n) is 20.7. The summed E-state index contributed by atoms with van der Waals surface area (Å²) in [5, 5.41) is 3.34. The molecule has 0 spiro atoms. The van der Waals surface area contributed by atoms with E-state index in [1.54, 1.807) is 44.0 Å². The molecule has 9 nitrogen and oxygen atoms in total. The summed E-state index contributed by atoms with van der Waals surface area (Å²) in [4.78, 5) is 30.4. The number of rotatable bonds is 6. The highest BCUT2D eigenvalue weighted by molar-refractivity contribution is 7.89. The lowest BCUT2D eigenvalue weighted by Crippen LogP contribution is -2.40. The highest BCUT2D eigenvalue weighted by Gasteiger charge is 2.29. The van der Waals surface area contributed by atoms with Crippen molar-refractivity contribution >= 4 is 44.7 Å². The molecule has 0 aliphatic carbocycles. The molecule has 190 valence electrons. The van der Waals surface area contributed by atoms with Gasteiger partial charge in [0.25, 0.3) is 0 Å². The van der Waals surface area contributed by atoms with E-state index in [4.69, 9.17) is 4.74 Å². The maximum atomic E-state index is 13.3. The fraction of sp³-hybridized carbons (Fsp3) is 0.320. The van der Waals surface area contributed by atoms with Gasteiger partial charge in [-0.25, -0.2) is 22.9 Å². The van der Waals surface area contributed by atoms with Crippen LogP contribution in [0.1, 0.15) is 34.6 Å². The fourth-order valence-electron chi connectivity index (χ4n) is 3.82. The third kappa shape index (κ3) is 5.75. The largest absolute Gasteiger partial charge is 0.444 e. The predicted octanol–water partition coefficient (Wildman–Crippen LogP) is 4.86. The number of carbonyl (C=O) groups excluding carboxylic acids is 2. The van der Waals surface area contributed by atoms with E-state index in [0.717, 1.165) is 11.3 Å². The average molecular weight is 529 g/mol. The minimum absolute atomic E-state index is 0.0517. The Kier molecular flexibility index (Phi) is 6.91. The van der Waals surface area contributed by atoms with Gasteiger partial charge in [-0.2, -0.15) is 0 Å². The van der Waals surface area contributed by atoms with Crippen molar-refractivity contribution in [2.75, 3.05) is 16.8 Å². The molecule has 1 aliphatic rings. The second-order valence-corrected chi connectivity index (χ2v) is 12.3. The van der Waals surface area contributed by atoms with Gasteiger partial charge in [0.15, 0.2) is 0 Å². The third-order valence-electron chi connectivity index (χ3n) is 5.19. The molecule has 0 radical (unpaired) electrons. The molecule has 0 saturated carbocycles. The number of hydrogen-bond donors (Lipinski definition) is 2. The van der Waals surface area contributed by atoms with Gasteiger partial charge in [-0.1, -0.05) is 6.07 Å². The van der Waals surface area contributed by atoms with Crippen molar-refractivity contribution in [1.29, 1.82) is 0 Å². The first-order valence-corrected chi connectivity index (χ1v) is 13.6. The Hall–Kier alpha value is -3.28. The quantitative estimate of drug-likeness (QED) is 0.472. The zero-order valence-corrected chi connectivity index (χ0v) is 22.3. The van der Waals surface area contributed by atoms with E-state index in [1.165, 1.54) is 24.3 Å². The van der Waals surface area contributed by atoms with Crippen LogP contribution in [-0.4, -0.2) is 43.6 Å². The van der Waals surface area contributed by atoms with E-state index in [2.05, 4.69) is 15.0 Å². The maximum absolute atomic E-state index is 13.3. The van der Waals surface area contributed by atoms with Crippen LogP contribution in [0.3, 0.4) is 0 Å². The fourth-order valence-corrected chi connectivity index (χ4v) is 6.51. The van der Waals surface area contributed by atoms with Crippen LogP contribution in [0.2, 0.25) is 0 Å². The molecule has 1 aliphatic heterocycles. The van der Waals surface area contributed by atoms with Crippen LogP contribution in [0, 0.1) is 0 Å². The number of thiazole rings is 1. The van der Waals surface area contributed by atoms with Crippen molar-refractivity contribution < 1.29 is 22.7 Å². The second kappa shape index (κ2) is 9.64. The van der Waals surface area contributed by atoms with Crippen molar-refractivity contribution in [3.05, 3.63) is 48.7 Å². The molecule has 4 rings (SSSR count). The first kappa shape index (κ1) is 25.8. The summed E-state index contributed by atoms with van der Waals surface area (Å²) in [7, 11) is -3.91. The number of hydrogen-bond acceptors (Lipinski definition) is 7. The third-order valence-corrected chi connectivity index (χ3v) is 8.07. The Bertz CT molecular complexity index is 1410. The van der Waals surface area contributed by atoms with E-state index in [9.17, 15) is 18.0 Å². The molecule has 36 heavy (non-hydrogen) atoms. The van der Waals surface area contributed by atoms with Gasteiger partial charge in [0.1, 0.15) is 11.1 Å². The number of carbonyl (C=O) groups is 2. The van der Waals surface area contributed by atoms with E-state index in [-0.39, 0.29) is 23.0 Å². The Morgan fingerprint density at radius 3 is 2.44 bits per heavy atom. The maximum Gasteiger partial charge on any atom is 0.414 e. The van der Waals surface area contributed by atoms with Crippen LogP contribution in [0.15, 0.2) is 53.6 Å². The number of ether oxygens (including phenoxy) is 1. The number of aromatic nitrogens is 1. The summed E-state index contributed by atoms with van der Waals surface area (Å²) in [6.07, 6.45) is 1.11. The molecule has 1 saturated heterocycles. The summed E-state index contributed by atoms with van der Waals surface area (Å²) in [6, 6.07) is 12.2. The van der Waals surface area contributed by atoms with Crippen molar-refractivity contribution in [2.24, 2.45) is 0 Å². The minimum atomic E-state index is -3.91. The Morgan fingerprint density at radius 1 is 1.17 bits per heavy atom. The molecule has 1 fully saturated rings. The molecule has 2 N–H and O–H groups in total. The molecular weight excluding hydrogens is 500 g/mol. The molecular formula is C25H28N4O5S2. The average Bonchev–Trinajstić information content (AvgIpc) is 3.38. The molecule has 3 aromatic rings. The number of nitrogens with one attached hydrogen (secondary N) is 2. The van der Waals surface area contributed by atoms with Gasteiger partial charge in [-0.3, -0.25) is 9.69 Å². The normalized spacial score (nSPS) is 16.2. The van der Waals surface area contributed by atoms with Crippen LogP contribution in [-0.2, 0) is 19.6 Å². The van der Waals surface area contributed by atoms with E-state index < -0.39 is 15.6 Å². The first-order chi connectivity index (χ1) is 16.8. The van der Waals surface area contributed by atoms with Gasteiger partial charge < -0.3 is 10.1 Å². The molecule has 11 heteroatoms. The Balaban J connectivity index is 1.68. The van der Waals surface area contributed by atoms with Crippen LogP contribution in [0.5, 0.6) is 0 Å². The number of nitrogens with zero attached hydrogens (tertiary/aromatic N) is 2. The topological polar surface area (TPSA) is 118 Å². The molecule has 1 unspecified atom stereocenters. The molecule has 2 amide bonds. The first-order valence-electron chi connectivity index (χ1n) is 11.3. The van der Waals surface area contributed by atoms with Crippen molar-refractivity contribution in [3.8, 4) is 21.0 Å². The van der Waals surface area contributed by atoms with Crippen molar-refractivity contribution in [1.82, 2.24) is 9.71 Å². The molecule has 1 aromatic heterocycles. The minimum Gasteiger partial charge on any atom is -0.444 e. The molecule has 0 bridgehead atoms. The predicted molar refractivity (Wildman–Crippen MR) is 141 cm³/mol. The smallest absolute Gasteiger partial charge is 0.414 e. The van der Waals surface area contributed by atoms with Gasteiger partial charge in [-0.05, 0) is 64.1 Å². The van der Waals surface area contributed by atoms with Gasteiger partial charge in [0.2, 0.25) is 15.9 Å². The number of amides is 2. The number of benzene rings is 2. The zero-order chi connectivity index (χ0) is 26.3. The highest BCUT2D eigenvalue weighted by atomic mass is 32.2. The van der Waals surface area contributed by atoms with E-state index in [0.29, 0.717) is 27.7 Å². The Labute approximate surface area is 214 Å². The summed E-state index contributed by atoms with van der Waals surface area (Å²) in [6.45, 7) is 8.99. The number of anilines is 2. The second-order valence-electron chi connectivity index (χ2n) is 9.63. The monoisotopic (exact) mass is 528 g/mol. The summed E-state index contributed by atoms with van der Waals surface area (Å²) in [5.41, 5.74) is 1.74. The lowest BCUT2D eigenvalue weighted by molar-refractivity contribution is -0.114. The lowest BCUT2D eigenvalue weighted by atomic mass is 10.1. The van der Waals surface area contributed by atoms with Gasteiger partial charge in [0, 0.05) is 41.2 Å². The molecule has 2 aromatic carbocycles. The highest BCUT2D eigenvalue weighted by Crippen LogP contribution is 2.37. The van der Waals surface area contributed by atoms with Crippen LogP contribution in [0.25, 0.3) is 21.0 Å². The summed E-state index contributed by atoms with van der Waals surface area (Å²) < 4.78 is 34.5. The lowest BCUT2D eigenvalue weighted by Gasteiger charge is -2.22. The van der Waals surface area contributed by atoms with Crippen LogP contribution < -0.4 is 14.9 Å². The molecule has 1 atom stereocenters. The number of sulfonamides is 1.